The van der Waals surface area contributed by atoms with Crippen LogP contribution in [0.25, 0.3) is 0 Å². The van der Waals surface area contributed by atoms with Crippen molar-refractivity contribution in [2.24, 2.45) is 16.7 Å². The van der Waals surface area contributed by atoms with E-state index in [1.807, 2.05) is 4.90 Å². The number of likely N-dealkylation sites (tertiary alicyclic amines) is 1. The van der Waals surface area contributed by atoms with Gasteiger partial charge in [-0.2, -0.15) is 0 Å². The number of piperidine rings is 1. The van der Waals surface area contributed by atoms with E-state index in [2.05, 4.69) is 32.7 Å². The Morgan fingerprint density at radius 2 is 1.72 bits per heavy atom. The zero-order valence-electron chi connectivity index (χ0n) is 20.7. The van der Waals surface area contributed by atoms with Crippen LogP contribution in [-0.2, 0) is 14.3 Å². The molecule has 2 amide bonds. The van der Waals surface area contributed by atoms with E-state index in [1.165, 1.54) is 16.2 Å². The second-order valence-corrected chi connectivity index (χ2v) is 12.2. The Kier molecular flexibility index (Phi) is 6.50. The van der Waals surface area contributed by atoms with Crippen LogP contribution in [0.1, 0.15) is 82.7 Å². The molecule has 1 saturated heterocycles. The number of carbonyl (C=O) groups is 3. The molecule has 0 atom stereocenters. The van der Waals surface area contributed by atoms with E-state index in [0.29, 0.717) is 5.69 Å². The summed E-state index contributed by atoms with van der Waals surface area (Å²) in [5.74, 6) is -0.109. The number of hydrogen-bond acceptors (Lipinski definition) is 6. The Bertz CT molecular complexity index is 877. The van der Waals surface area contributed by atoms with E-state index in [1.54, 1.807) is 33.2 Å². The smallest absolute Gasteiger partial charge is 0.326 e. The summed E-state index contributed by atoms with van der Waals surface area (Å²) >= 11 is 1.48. The third kappa shape index (κ3) is 4.85. The lowest BCUT2D eigenvalue weighted by molar-refractivity contribution is -0.155. The molecule has 2 fully saturated rings. The number of esters is 1. The van der Waals surface area contributed by atoms with Crippen LogP contribution in [-0.4, -0.2) is 64.9 Å². The minimum absolute atomic E-state index is 0.0524. The van der Waals surface area contributed by atoms with Gasteiger partial charge in [-0.05, 0) is 44.4 Å². The van der Waals surface area contributed by atoms with Crippen LogP contribution >= 0.6 is 11.3 Å². The molecular weight excluding hydrogens is 426 g/mol. The minimum Gasteiger partial charge on any atom is -0.459 e. The van der Waals surface area contributed by atoms with Crippen LogP contribution in [0.5, 0.6) is 0 Å². The second-order valence-electron chi connectivity index (χ2n) is 11.3. The number of amides is 2. The molecule has 2 aliphatic rings. The highest BCUT2D eigenvalue weighted by atomic mass is 32.1. The van der Waals surface area contributed by atoms with Gasteiger partial charge >= 0.3 is 5.97 Å². The van der Waals surface area contributed by atoms with E-state index < -0.39 is 11.6 Å². The predicted octanol–water partition coefficient (Wildman–Crippen LogP) is 3.95. The molecule has 1 aliphatic carbocycles. The number of likely N-dealkylation sites (N-methyl/N-ethyl adjacent to an activating group) is 1. The molecule has 0 bridgehead atoms. The van der Waals surface area contributed by atoms with Crippen molar-refractivity contribution < 1.29 is 19.1 Å². The summed E-state index contributed by atoms with van der Waals surface area (Å²) < 4.78 is 5.29. The summed E-state index contributed by atoms with van der Waals surface area (Å²) in [7, 11) is 1.58. The molecule has 1 aliphatic heterocycles. The summed E-state index contributed by atoms with van der Waals surface area (Å²) in [6, 6.07) is 0. The zero-order valence-corrected chi connectivity index (χ0v) is 21.5. The molecule has 0 aromatic carbocycles. The number of carbonyl (C=O) groups excluding carboxylic acids is 3. The van der Waals surface area contributed by atoms with Crippen molar-refractivity contribution in [3.63, 3.8) is 0 Å². The molecule has 0 radical (unpaired) electrons. The molecule has 1 saturated carbocycles. The summed E-state index contributed by atoms with van der Waals surface area (Å²) in [5.41, 5.74) is -0.125. The van der Waals surface area contributed by atoms with E-state index in [0.717, 1.165) is 30.9 Å². The molecule has 178 valence electrons. The number of hydrogen-bond donors (Lipinski definition) is 0. The number of nitrogens with zero attached hydrogens (tertiary/aromatic N) is 3. The van der Waals surface area contributed by atoms with Crippen molar-refractivity contribution >= 4 is 29.1 Å². The van der Waals surface area contributed by atoms with Crippen molar-refractivity contribution in [3.05, 3.63) is 16.1 Å². The number of thiazole rings is 1. The fourth-order valence-corrected chi connectivity index (χ4v) is 5.72. The van der Waals surface area contributed by atoms with Crippen molar-refractivity contribution in [2.45, 2.75) is 72.8 Å². The van der Waals surface area contributed by atoms with Gasteiger partial charge in [0.05, 0.1) is 5.01 Å². The highest BCUT2D eigenvalue weighted by Gasteiger charge is 2.68. The molecule has 32 heavy (non-hydrogen) atoms. The molecule has 2 heterocycles. The van der Waals surface area contributed by atoms with Crippen LogP contribution < -0.4 is 0 Å². The Morgan fingerprint density at radius 3 is 2.22 bits per heavy atom. The van der Waals surface area contributed by atoms with Gasteiger partial charge in [-0.3, -0.25) is 14.4 Å². The highest BCUT2D eigenvalue weighted by Crippen LogP contribution is 2.68. The summed E-state index contributed by atoms with van der Waals surface area (Å²) in [6.07, 6.45) is 1.71. The Labute approximate surface area is 195 Å². The largest absolute Gasteiger partial charge is 0.459 e. The van der Waals surface area contributed by atoms with Gasteiger partial charge in [0, 0.05) is 37.4 Å². The number of rotatable bonds is 5. The monoisotopic (exact) mass is 463 g/mol. The van der Waals surface area contributed by atoms with Gasteiger partial charge in [0.1, 0.15) is 17.8 Å². The maximum atomic E-state index is 13.0. The zero-order chi connectivity index (χ0) is 24.1. The van der Waals surface area contributed by atoms with Crippen molar-refractivity contribution in [1.29, 1.82) is 0 Å². The Hall–Kier alpha value is -1.96. The topological polar surface area (TPSA) is 79.8 Å². The van der Waals surface area contributed by atoms with Gasteiger partial charge in [0.25, 0.3) is 5.91 Å². The van der Waals surface area contributed by atoms with Gasteiger partial charge in [-0.15, -0.1) is 11.3 Å². The molecule has 8 heteroatoms. The normalized spacial score (nSPS) is 20.7. The maximum absolute atomic E-state index is 13.0. The van der Waals surface area contributed by atoms with Crippen LogP contribution in [0.2, 0.25) is 0 Å². The lowest BCUT2D eigenvalue weighted by Gasteiger charge is -2.32. The summed E-state index contributed by atoms with van der Waals surface area (Å²) in [5, 5.41) is 2.69. The average Bonchev–Trinajstić information content (AvgIpc) is 3.02. The fourth-order valence-electron chi connectivity index (χ4n) is 4.75. The Balaban J connectivity index is 1.54. The molecule has 1 aromatic rings. The lowest BCUT2D eigenvalue weighted by atomic mass is 9.96. The first-order valence-corrected chi connectivity index (χ1v) is 12.2. The van der Waals surface area contributed by atoms with Gasteiger partial charge in [0.2, 0.25) is 5.91 Å². The molecule has 0 N–H and O–H groups in total. The minimum atomic E-state index is -0.587. The first-order valence-electron chi connectivity index (χ1n) is 11.4. The summed E-state index contributed by atoms with van der Waals surface area (Å²) in [6.45, 7) is 15.4. The standard InChI is InChI=1S/C24H37N3O4S/c1-22(2,3)31-17(28)13-26(8)20(29)16-14-32-19(25-16)15-9-11-27(12-10-15)21(30)18-23(4,5)24(18,6)7/h14-15,18H,9-13H2,1-8H3. The SMILES string of the molecule is CN(CC(=O)OC(C)(C)C)C(=O)c1csc(C2CCN(C(=O)C3C(C)(C)C3(C)C)CC2)n1. The van der Waals surface area contributed by atoms with Crippen LogP contribution in [0.15, 0.2) is 5.38 Å². The van der Waals surface area contributed by atoms with Crippen LogP contribution in [0, 0.1) is 16.7 Å². The molecule has 0 spiro atoms. The van der Waals surface area contributed by atoms with Crippen molar-refractivity contribution in [3.8, 4) is 0 Å². The average molecular weight is 464 g/mol. The third-order valence-corrected chi connectivity index (χ3v) is 8.30. The number of ether oxygens (including phenoxy) is 1. The molecule has 0 unspecified atom stereocenters. The van der Waals surface area contributed by atoms with Gasteiger partial charge < -0.3 is 14.5 Å². The van der Waals surface area contributed by atoms with E-state index in [-0.39, 0.29) is 41.0 Å². The quantitative estimate of drug-likeness (QED) is 0.618. The van der Waals surface area contributed by atoms with Crippen molar-refractivity contribution in [1.82, 2.24) is 14.8 Å². The predicted molar refractivity (Wildman–Crippen MR) is 125 cm³/mol. The first-order chi connectivity index (χ1) is 14.6. The second kappa shape index (κ2) is 8.43. The van der Waals surface area contributed by atoms with Crippen molar-refractivity contribution in [2.75, 3.05) is 26.7 Å². The van der Waals surface area contributed by atoms with E-state index in [4.69, 9.17) is 4.74 Å². The molecule has 7 nitrogen and oxygen atoms in total. The van der Waals surface area contributed by atoms with Gasteiger partial charge in [-0.25, -0.2) is 4.98 Å². The number of aromatic nitrogens is 1. The molecular formula is C24H37N3O4S. The Morgan fingerprint density at radius 1 is 1.16 bits per heavy atom. The maximum Gasteiger partial charge on any atom is 0.326 e. The van der Waals surface area contributed by atoms with Gasteiger partial charge in [0.15, 0.2) is 0 Å². The van der Waals surface area contributed by atoms with E-state index >= 15 is 0 Å². The molecule has 3 rings (SSSR count). The first kappa shape index (κ1) is 24.7. The van der Waals surface area contributed by atoms with Crippen LogP contribution in [0.4, 0.5) is 0 Å². The van der Waals surface area contributed by atoms with Gasteiger partial charge in [-0.1, -0.05) is 27.7 Å². The highest BCUT2D eigenvalue weighted by molar-refractivity contribution is 7.09. The summed E-state index contributed by atoms with van der Waals surface area (Å²) in [4.78, 5) is 45.6. The fraction of sp³-hybridized carbons (Fsp3) is 0.750. The lowest BCUT2D eigenvalue weighted by Crippen LogP contribution is -2.40. The van der Waals surface area contributed by atoms with Crippen LogP contribution in [0.3, 0.4) is 0 Å². The molecule has 1 aromatic heterocycles. The van der Waals surface area contributed by atoms with E-state index in [9.17, 15) is 14.4 Å². The third-order valence-electron chi connectivity index (χ3n) is 7.30.